The molecule has 0 bridgehead atoms. The second-order valence-electron chi connectivity index (χ2n) is 5.31. The van der Waals surface area contributed by atoms with Crippen molar-refractivity contribution in [2.45, 2.75) is 13.2 Å². The topological polar surface area (TPSA) is 42.4 Å². The fraction of sp³-hybridized carbons (Fsp3) is 0.167. The highest BCUT2D eigenvalue weighted by Gasteiger charge is 2.14. The van der Waals surface area contributed by atoms with Gasteiger partial charge in [-0.15, -0.1) is 0 Å². The minimum Gasteiger partial charge on any atom is -0.364 e. The number of fused-ring (bicyclic) bond motifs is 1. The van der Waals surface area contributed by atoms with Crippen LogP contribution >= 0.6 is 23.2 Å². The minimum absolute atomic E-state index is 0.575. The van der Waals surface area contributed by atoms with Gasteiger partial charge in [-0.05, 0) is 42.3 Å². The van der Waals surface area contributed by atoms with Crippen LogP contribution in [0.3, 0.4) is 0 Å². The molecule has 3 nitrogen and oxygen atoms in total. The van der Waals surface area contributed by atoms with E-state index in [9.17, 15) is 5.11 Å². The number of aromatic nitrogens is 1. The molecule has 1 atom stereocenters. The standard InChI is InChI=1S/C18H15Cl2NO2/c1-10-9-21-16-6-3-11(18(22)23-2)7-14(16)17(10)13-5-4-12(19)8-15(13)20/h3-9,18,22H,1-2H3. The molecule has 0 spiro atoms. The van der Waals surface area contributed by atoms with Gasteiger partial charge in [-0.25, -0.2) is 0 Å². The molecule has 0 amide bonds. The van der Waals surface area contributed by atoms with Crippen molar-refractivity contribution in [3.8, 4) is 11.1 Å². The Bertz CT molecular complexity index is 880. The molecule has 0 saturated heterocycles. The first-order valence-corrected chi connectivity index (χ1v) is 7.82. The Hall–Kier alpha value is -1.65. The van der Waals surface area contributed by atoms with Crippen LogP contribution in [0.1, 0.15) is 17.4 Å². The maximum absolute atomic E-state index is 9.92. The smallest absolute Gasteiger partial charge is 0.180 e. The van der Waals surface area contributed by atoms with Gasteiger partial charge in [0.1, 0.15) is 0 Å². The first-order chi connectivity index (χ1) is 11.0. The van der Waals surface area contributed by atoms with Crippen LogP contribution in [-0.4, -0.2) is 17.2 Å². The Morgan fingerprint density at radius 3 is 2.61 bits per heavy atom. The summed E-state index contributed by atoms with van der Waals surface area (Å²) in [7, 11) is 1.46. The Morgan fingerprint density at radius 1 is 1.13 bits per heavy atom. The summed E-state index contributed by atoms with van der Waals surface area (Å²) in [6.45, 7) is 1.98. The zero-order valence-electron chi connectivity index (χ0n) is 12.7. The summed E-state index contributed by atoms with van der Waals surface area (Å²) in [6.07, 6.45) is 0.836. The minimum atomic E-state index is -0.978. The normalized spacial score (nSPS) is 12.6. The van der Waals surface area contributed by atoms with Crippen molar-refractivity contribution in [2.75, 3.05) is 7.11 Å². The fourth-order valence-corrected chi connectivity index (χ4v) is 3.15. The molecule has 1 aromatic heterocycles. The van der Waals surface area contributed by atoms with Gasteiger partial charge in [-0.2, -0.15) is 0 Å². The van der Waals surface area contributed by atoms with E-state index in [0.29, 0.717) is 15.6 Å². The Balaban J connectivity index is 2.31. The van der Waals surface area contributed by atoms with E-state index in [1.807, 2.05) is 37.4 Å². The quantitative estimate of drug-likeness (QED) is 0.665. The molecule has 0 aliphatic carbocycles. The van der Waals surface area contributed by atoms with Gasteiger partial charge in [0.25, 0.3) is 0 Å². The number of methoxy groups -OCH3 is 1. The molecule has 3 rings (SSSR count). The molecule has 0 fully saturated rings. The molecule has 23 heavy (non-hydrogen) atoms. The molecular weight excluding hydrogens is 333 g/mol. The number of aryl methyl sites for hydroxylation is 1. The summed E-state index contributed by atoms with van der Waals surface area (Å²) in [5.74, 6) is 0. The average molecular weight is 348 g/mol. The lowest BCUT2D eigenvalue weighted by Gasteiger charge is -2.14. The molecule has 0 aliphatic rings. The van der Waals surface area contributed by atoms with Gasteiger partial charge in [0.2, 0.25) is 0 Å². The van der Waals surface area contributed by atoms with Crippen molar-refractivity contribution in [1.82, 2.24) is 4.98 Å². The highest BCUT2D eigenvalue weighted by atomic mass is 35.5. The van der Waals surface area contributed by atoms with Crippen LogP contribution in [0.4, 0.5) is 0 Å². The number of ether oxygens (including phenoxy) is 1. The molecular formula is C18H15Cl2NO2. The monoisotopic (exact) mass is 347 g/mol. The van der Waals surface area contributed by atoms with Crippen molar-refractivity contribution < 1.29 is 9.84 Å². The van der Waals surface area contributed by atoms with Gasteiger partial charge in [-0.3, -0.25) is 4.98 Å². The van der Waals surface area contributed by atoms with E-state index in [0.717, 1.165) is 27.6 Å². The van der Waals surface area contributed by atoms with E-state index in [4.69, 9.17) is 27.9 Å². The van der Waals surface area contributed by atoms with Crippen LogP contribution in [0.2, 0.25) is 10.0 Å². The second kappa shape index (κ2) is 6.46. The van der Waals surface area contributed by atoms with E-state index < -0.39 is 6.29 Å². The number of aliphatic hydroxyl groups is 1. The van der Waals surface area contributed by atoms with Gasteiger partial charge >= 0.3 is 0 Å². The predicted molar refractivity (Wildman–Crippen MR) is 93.9 cm³/mol. The lowest BCUT2D eigenvalue weighted by atomic mass is 9.96. The molecule has 1 unspecified atom stereocenters. The van der Waals surface area contributed by atoms with Gasteiger partial charge < -0.3 is 9.84 Å². The summed E-state index contributed by atoms with van der Waals surface area (Å²) < 4.78 is 4.99. The molecule has 118 valence electrons. The SMILES string of the molecule is COC(O)c1ccc2ncc(C)c(-c3ccc(Cl)cc3Cl)c2c1. The molecule has 3 aromatic rings. The van der Waals surface area contributed by atoms with Crippen LogP contribution in [0.15, 0.2) is 42.6 Å². The van der Waals surface area contributed by atoms with Gasteiger partial charge in [0, 0.05) is 39.9 Å². The van der Waals surface area contributed by atoms with Gasteiger partial charge in [0.15, 0.2) is 6.29 Å². The highest BCUT2D eigenvalue weighted by molar-refractivity contribution is 6.36. The van der Waals surface area contributed by atoms with Gasteiger partial charge in [0.05, 0.1) is 5.52 Å². The third-order valence-electron chi connectivity index (χ3n) is 3.79. The van der Waals surface area contributed by atoms with Crippen molar-refractivity contribution >= 4 is 34.1 Å². The molecule has 0 aliphatic heterocycles. The number of halogens is 2. The molecule has 2 aromatic carbocycles. The zero-order chi connectivity index (χ0) is 16.6. The first kappa shape index (κ1) is 16.2. The van der Waals surface area contributed by atoms with Crippen molar-refractivity contribution in [1.29, 1.82) is 0 Å². The van der Waals surface area contributed by atoms with Crippen LogP contribution in [0, 0.1) is 6.92 Å². The third kappa shape index (κ3) is 3.06. The lowest BCUT2D eigenvalue weighted by molar-refractivity contribution is -0.0768. The van der Waals surface area contributed by atoms with Crippen LogP contribution in [0.25, 0.3) is 22.0 Å². The maximum Gasteiger partial charge on any atom is 0.180 e. The summed E-state index contributed by atoms with van der Waals surface area (Å²) in [5.41, 5.74) is 4.33. The Kier molecular flexibility index (Phi) is 4.55. The Morgan fingerprint density at radius 2 is 1.91 bits per heavy atom. The summed E-state index contributed by atoms with van der Waals surface area (Å²) in [6, 6.07) is 11.0. The highest BCUT2D eigenvalue weighted by Crippen LogP contribution is 2.37. The van der Waals surface area contributed by atoms with Crippen molar-refractivity contribution in [3.63, 3.8) is 0 Å². The fourth-order valence-electron chi connectivity index (χ4n) is 2.65. The third-order valence-corrected chi connectivity index (χ3v) is 4.34. The van der Waals surface area contributed by atoms with E-state index in [1.54, 1.807) is 12.1 Å². The van der Waals surface area contributed by atoms with E-state index in [2.05, 4.69) is 4.98 Å². The van der Waals surface area contributed by atoms with E-state index >= 15 is 0 Å². The molecule has 0 radical (unpaired) electrons. The number of rotatable bonds is 3. The lowest BCUT2D eigenvalue weighted by Crippen LogP contribution is -2.00. The van der Waals surface area contributed by atoms with Crippen molar-refractivity contribution in [3.05, 3.63) is 63.8 Å². The largest absolute Gasteiger partial charge is 0.364 e. The number of aliphatic hydroxyl groups excluding tert-OH is 1. The number of hydrogen-bond donors (Lipinski definition) is 1. The first-order valence-electron chi connectivity index (χ1n) is 7.07. The zero-order valence-corrected chi connectivity index (χ0v) is 14.2. The summed E-state index contributed by atoms with van der Waals surface area (Å²) in [4.78, 5) is 4.45. The van der Waals surface area contributed by atoms with E-state index in [-0.39, 0.29) is 0 Å². The number of nitrogens with zero attached hydrogens (tertiary/aromatic N) is 1. The summed E-state index contributed by atoms with van der Waals surface area (Å²) >= 11 is 12.4. The van der Waals surface area contributed by atoms with Crippen molar-refractivity contribution in [2.24, 2.45) is 0 Å². The number of benzene rings is 2. The van der Waals surface area contributed by atoms with Crippen LogP contribution in [-0.2, 0) is 4.74 Å². The number of hydrogen-bond acceptors (Lipinski definition) is 3. The second-order valence-corrected chi connectivity index (χ2v) is 6.15. The van der Waals surface area contributed by atoms with Gasteiger partial charge in [-0.1, -0.05) is 35.3 Å². The average Bonchev–Trinajstić information content (AvgIpc) is 2.54. The Labute approximate surface area is 144 Å². The molecule has 1 heterocycles. The summed E-state index contributed by atoms with van der Waals surface area (Å²) in [5, 5.41) is 12.0. The van der Waals surface area contributed by atoms with E-state index in [1.165, 1.54) is 7.11 Å². The molecule has 1 N–H and O–H groups in total. The predicted octanol–water partition coefficient (Wildman–Crippen LogP) is 5.15. The maximum atomic E-state index is 9.92. The van der Waals surface area contributed by atoms with Crippen LogP contribution in [0.5, 0.6) is 0 Å². The number of pyridine rings is 1. The molecule has 0 saturated carbocycles. The van der Waals surface area contributed by atoms with Crippen LogP contribution < -0.4 is 0 Å². The molecule has 5 heteroatoms.